The highest BCUT2D eigenvalue weighted by Crippen LogP contribution is 2.33. The molecule has 2 unspecified atom stereocenters. The average Bonchev–Trinajstić information content (AvgIpc) is 2.84. The molecule has 1 aliphatic rings. The van der Waals surface area contributed by atoms with Crippen LogP contribution in [0.2, 0.25) is 0 Å². The molecule has 0 spiro atoms. The van der Waals surface area contributed by atoms with Gasteiger partial charge in [-0.1, -0.05) is 13.3 Å². The molecule has 1 N–H and O–H groups in total. The predicted molar refractivity (Wildman–Crippen MR) is 62.0 cm³/mol. The molecule has 1 aliphatic carbocycles. The van der Waals surface area contributed by atoms with Gasteiger partial charge in [0.25, 0.3) is 0 Å². The number of hydrogen-bond donors (Lipinski definition) is 1. The third kappa shape index (κ3) is 2.07. The van der Waals surface area contributed by atoms with E-state index >= 15 is 0 Å². The van der Waals surface area contributed by atoms with Crippen molar-refractivity contribution in [2.45, 2.75) is 51.6 Å². The lowest BCUT2D eigenvalue weighted by molar-refractivity contribution is 0.463. The van der Waals surface area contributed by atoms with E-state index in [1.807, 2.05) is 6.20 Å². The molecule has 0 bridgehead atoms. The van der Waals surface area contributed by atoms with E-state index < -0.39 is 0 Å². The fourth-order valence-electron chi connectivity index (χ4n) is 2.69. The second-order valence-corrected chi connectivity index (χ2v) is 4.27. The third-order valence-corrected chi connectivity index (χ3v) is 3.40. The number of rotatable bonds is 4. The van der Waals surface area contributed by atoms with Crippen LogP contribution in [-0.4, -0.2) is 22.1 Å². The first-order valence-electron chi connectivity index (χ1n) is 6.11. The van der Waals surface area contributed by atoms with Crippen LogP contribution in [0.4, 0.5) is 0 Å². The summed E-state index contributed by atoms with van der Waals surface area (Å²) in [6.45, 7) is 6.46. The Morgan fingerprint density at radius 1 is 1.47 bits per heavy atom. The molecule has 1 saturated carbocycles. The summed E-state index contributed by atoms with van der Waals surface area (Å²) in [5, 5.41) is 3.58. The van der Waals surface area contributed by atoms with Crippen LogP contribution in [0.25, 0.3) is 0 Å². The summed E-state index contributed by atoms with van der Waals surface area (Å²) in [6, 6.07) is 0.641. The van der Waals surface area contributed by atoms with Crippen molar-refractivity contribution in [3.05, 3.63) is 18.2 Å². The highest BCUT2D eigenvalue weighted by molar-refractivity contribution is 5.07. The number of hydrogen-bond acceptors (Lipinski definition) is 2. The Labute approximate surface area is 91.9 Å². The minimum absolute atomic E-state index is 0.625. The number of nitrogens with zero attached hydrogens (tertiary/aromatic N) is 2. The van der Waals surface area contributed by atoms with E-state index in [2.05, 4.69) is 34.9 Å². The van der Waals surface area contributed by atoms with Crippen molar-refractivity contribution in [2.75, 3.05) is 6.54 Å². The molecule has 0 amide bonds. The zero-order chi connectivity index (χ0) is 10.7. The number of aromatic nitrogens is 2. The van der Waals surface area contributed by atoms with Gasteiger partial charge in [0.1, 0.15) is 5.82 Å². The Morgan fingerprint density at radius 2 is 2.33 bits per heavy atom. The van der Waals surface area contributed by atoms with Gasteiger partial charge in [0.05, 0.1) is 0 Å². The van der Waals surface area contributed by atoms with Crippen LogP contribution in [0.1, 0.15) is 44.9 Å². The van der Waals surface area contributed by atoms with Gasteiger partial charge in [0.2, 0.25) is 0 Å². The van der Waals surface area contributed by atoms with Crippen molar-refractivity contribution in [1.29, 1.82) is 0 Å². The molecule has 15 heavy (non-hydrogen) atoms. The van der Waals surface area contributed by atoms with Crippen LogP contribution >= 0.6 is 0 Å². The second-order valence-electron chi connectivity index (χ2n) is 4.27. The number of likely N-dealkylation sites (N-methyl/N-ethyl adjacent to an activating group) is 1. The van der Waals surface area contributed by atoms with Crippen LogP contribution in [-0.2, 0) is 6.54 Å². The van der Waals surface area contributed by atoms with Gasteiger partial charge in [-0.05, 0) is 26.3 Å². The monoisotopic (exact) mass is 207 g/mol. The normalized spacial score (nSPS) is 26.0. The molecule has 0 aliphatic heterocycles. The molecule has 1 aromatic heterocycles. The minimum atomic E-state index is 0.625. The summed E-state index contributed by atoms with van der Waals surface area (Å²) < 4.78 is 2.28. The number of imidazole rings is 1. The molecule has 1 fully saturated rings. The largest absolute Gasteiger partial charge is 0.335 e. The maximum Gasteiger partial charge on any atom is 0.113 e. The molecule has 0 radical (unpaired) electrons. The van der Waals surface area contributed by atoms with Crippen molar-refractivity contribution >= 4 is 0 Å². The molecule has 0 aromatic carbocycles. The third-order valence-electron chi connectivity index (χ3n) is 3.40. The lowest BCUT2D eigenvalue weighted by atomic mass is 10.0. The van der Waals surface area contributed by atoms with Crippen molar-refractivity contribution in [3.8, 4) is 0 Å². The van der Waals surface area contributed by atoms with Gasteiger partial charge in [0, 0.05) is 30.9 Å². The Kier molecular flexibility index (Phi) is 3.41. The van der Waals surface area contributed by atoms with Crippen molar-refractivity contribution in [2.24, 2.45) is 0 Å². The van der Waals surface area contributed by atoms with Gasteiger partial charge in [-0.2, -0.15) is 0 Å². The van der Waals surface area contributed by atoms with Gasteiger partial charge < -0.3 is 9.88 Å². The van der Waals surface area contributed by atoms with Gasteiger partial charge in [-0.25, -0.2) is 4.98 Å². The van der Waals surface area contributed by atoms with Crippen LogP contribution in [0.15, 0.2) is 12.4 Å². The average molecular weight is 207 g/mol. The first kappa shape index (κ1) is 10.7. The molecular formula is C12H21N3. The Morgan fingerprint density at radius 3 is 3.07 bits per heavy atom. The van der Waals surface area contributed by atoms with Crippen LogP contribution in [0, 0.1) is 0 Å². The van der Waals surface area contributed by atoms with Crippen LogP contribution in [0.3, 0.4) is 0 Å². The molecule has 3 heteroatoms. The van der Waals surface area contributed by atoms with E-state index in [4.69, 9.17) is 0 Å². The summed E-state index contributed by atoms with van der Waals surface area (Å²) in [6.07, 6.45) is 7.94. The van der Waals surface area contributed by atoms with Crippen LogP contribution < -0.4 is 5.32 Å². The zero-order valence-corrected chi connectivity index (χ0v) is 9.74. The maximum absolute atomic E-state index is 4.52. The number of aryl methyl sites for hydroxylation is 1. The second kappa shape index (κ2) is 4.79. The summed E-state index contributed by atoms with van der Waals surface area (Å²) in [5.74, 6) is 1.90. The molecule has 1 heterocycles. The minimum Gasteiger partial charge on any atom is -0.335 e. The molecule has 0 saturated heterocycles. The van der Waals surface area contributed by atoms with Gasteiger partial charge in [0.15, 0.2) is 0 Å². The molecule has 2 rings (SSSR count). The Bertz CT molecular complexity index is 306. The van der Waals surface area contributed by atoms with E-state index in [0.29, 0.717) is 12.0 Å². The van der Waals surface area contributed by atoms with Gasteiger partial charge in [-0.3, -0.25) is 0 Å². The van der Waals surface area contributed by atoms with Gasteiger partial charge >= 0.3 is 0 Å². The quantitative estimate of drug-likeness (QED) is 0.820. The SMILES string of the molecule is CCNC1CCCC1c1nccn1CC. The Balaban J connectivity index is 2.15. The van der Waals surface area contributed by atoms with E-state index in [-0.39, 0.29) is 0 Å². The first-order chi connectivity index (χ1) is 7.36. The standard InChI is InChI=1S/C12H21N3/c1-3-13-11-7-5-6-10(11)12-14-8-9-15(12)4-2/h8-11,13H,3-7H2,1-2H3. The number of nitrogens with one attached hydrogen (secondary N) is 1. The highest BCUT2D eigenvalue weighted by Gasteiger charge is 2.30. The highest BCUT2D eigenvalue weighted by atomic mass is 15.1. The topological polar surface area (TPSA) is 29.9 Å². The van der Waals surface area contributed by atoms with Crippen molar-refractivity contribution < 1.29 is 0 Å². The lowest BCUT2D eigenvalue weighted by Gasteiger charge is -2.20. The summed E-state index contributed by atoms with van der Waals surface area (Å²) in [7, 11) is 0. The molecule has 3 nitrogen and oxygen atoms in total. The van der Waals surface area contributed by atoms with Gasteiger partial charge in [-0.15, -0.1) is 0 Å². The van der Waals surface area contributed by atoms with Crippen molar-refractivity contribution in [1.82, 2.24) is 14.9 Å². The molecule has 1 aromatic rings. The zero-order valence-electron chi connectivity index (χ0n) is 9.74. The predicted octanol–water partition coefficient (Wildman–Crippen LogP) is 2.15. The summed E-state index contributed by atoms with van der Waals surface area (Å²) in [5.41, 5.74) is 0. The Hall–Kier alpha value is -0.830. The molecule has 84 valence electrons. The van der Waals surface area contributed by atoms with E-state index in [9.17, 15) is 0 Å². The van der Waals surface area contributed by atoms with Crippen LogP contribution in [0.5, 0.6) is 0 Å². The van der Waals surface area contributed by atoms with Crippen molar-refractivity contribution in [3.63, 3.8) is 0 Å². The lowest BCUT2D eigenvalue weighted by Crippen LogP contribution is -2.32. The van der Waals surface area contributed by atoms with E-state index in [0.717, 1.165) is 13.1 Å². The molecular weight excluding hydrogens is 186 g/mol. The fourth-order valence-corrected chi connectivity index (χ4v) is 2.69. The molecule has 2 atom stereocenters. The van der Waals surface area contributed by atoms with E-state index in [1.165, 1.54) is 25.1 Å². The first-order valence-corrected chi connectivity index (χ1v) is 6.11. The van der Waals surface area contributed by atoms with E-state index in [1.54, 1.807) is 0 Å². The maximum atomic E-state index is 4.52. The summed E-state index contributed by atoms with van der Waals surface area (Å²) >= 11 is 0. The smallest absolute Gasteiger partial charge is 0.113 e. The summed E-state index contributed by atoms with van der Waals surface area (Å²) in [4.78, 5) is 4.52. The fraction of sp³-hybridized carbons (Fsp3) is 0.750.